The van der Waals surface area contributed by atoms with E-state index in [1.165, 1.54) is 12.1 Å². The Hall–Kier alpha value is -2.04. The van der Waals surface area contributed by atoms with Crippen molar-refractivity contribution < 1.29 is 19.4 Å². The van der Waals surface area contributed by atoms with Crippen LogP contribution in [0.15, 0.2) is 18.2 Å². The summed E-state index contributed by atoms with van der Waals surface area (Å²) in [6.45, 7) is 3.75. The van der Waals surface area contributed by atoms with Crippen LogP contribution in [-0.4, -0.2) is 29.6 Å². The molecule has 0 bridgehead atoms. The van der Waals surface area contributed by atoms with Gasteiger partial charge in [-0.05, 0) is 32.0 Å². The summed E-state index contributed by atoms with van der Waals surface area (Å²) < 4.78 is 5.27. The van der Waals surface area contributed by atoms with Crippen molar-refractivity contribution in [3.05, 3.63) is 23.8 Å². The second kappa shape index (κ2) is 4.08. The molecule has 1 N–H and O–H groups in total. The maximum absolute atomic E-state index is 11.7. The molecule has 0 spiro atoms. The number of carboxylic acid groups (broad SMARTS) is 1. The third kappa shape index (κ3) is 1.95. The van der Waals surface area contributed by atoms with Crippen molar-refractivity contribution in [2.75, 3.05) is 11.5 Å². The predicted molar refractivity (Wildman–Crippen MR) is 61.5 cm³/mol. The molecule has 1 aliphatic rings. The number of hydrogen-bond acceptors (Lipinski definition) is 3. The first-order valence-electron chi connectivity index (χ1n) is 5.33. The molecule has 0 unspecified atom stereocenters. The van der Waals surface area contributed by atoms with Crippen LogP contribution in [0.3, 0.4) is 0 Å². The Morgan fingerprint density at radius 1 is 1.47 bits per heavy atom. The molecule has 1 aromatic carbocycles. The molecule has 1 aromatic rings. The first-order valence-corrected chi connectivity index (χ1v) is 5.33. The second-order valence-corrected chi connectivity index (χ2v) is 4.13. The summed E-state index contributed by atoms with van der Waals surface area (Å²) in [5, 5.41) is 8.93. The Morgan fingerprint density at radius 3 is 2.76 bits per heavy atom. The Labute approximate surface area is 98.6 Å². The molecular weight excluding hydrogens is 222 g/mol. The van der Waals surface area contributed by atoms with Crippen LogP contribution in [-0.2, 0) is 4.79 Å². The fraction of sp³-hybridized carbons (Fsp3) is 0.333. The molecule has 0 atom stereocenters. The van der Waals surface area contributed by atoms with E-state index in [2.05, 4.69) is 0 Å². The summed E-state index contributed by atoms with van der Waals surface area (Å²) in [6.07, 6.45) is 0. The van der Waals surface area contributed by atoms with E-state index >= 15 is 0 Å². The summed E-state index contributed by atoms with van der Waals surface area (Å²) in [4.78, 5) is 24.2. The smallest absolute Gasteiger partial charge is 0.335 e. The van der Waals surface area contributed by atoms with Gasteiger partial charge in [-0.2, -0.15) is 0 Å². The van der Waals surface area contributed by atoms with Crippen LogP contribution < -0.4 is 9.64 Å². The standard InChI is InChI=1S/C12H13NO4/c1-7(2)13-9-5-8(12(15)16)3-4-10(9)17-6-11(13)14/h3-5,7H,6H2,1-2H3,(H,15,16). The van der Waals surface area contributed by atoms with Crippen LogP contribution in [0.4, 0.5) is 5.69 Å². The molecule has 0 aliphatic carbocycles. The van der Waals surface area contributed by atoms with E-state index in [4.69, 9.17) is 9.84 Å². The van der Waals surface area contributed by atoms with Gasteiger partial charge in [0.1, 0.15) is 5.75 Å². The highest BCUT2D eigenvalue weighted by Crippen LogP contribution is 2.34. The highest BCUT2D eigenvalue weighted by atomic mass is 16.5. The number of carbonyl (C=O) groups excluding carboxylic acids is 1. The highest BCUT2D eigenvalue weighted by molar-refractivity contribution is 6.00. The van der Waals surface area contributed by atoms with E-state index in [1.54, 1.807) is 11.0 Å². The molecule has 2 rings (SSSR count). The van der Waals surface area contributed by atoms with E-state index < -0.39 is 5.97 Å². The maximum Gasteiger partial charge on any atom is 0.335 e. The molecular formula is C12H13NO4. The SMILES string of the molecule is CC(C)N1C(=O)COc2ccc(C(=O)O)cc21. The molecule has 17 heavy (non-hydrogen) atoms. The molecule has 0 saturated heterocycles. The second-order valence-electron chi connectivity index (χ2n) is 4.13. The lowest BCUT2D eigenvalue weighted by molar-refractivity contribution is -0.121. The van der Waals surface area contributed by atoms with Gasteiger partial charge >= 0.3 is 5.97 Å². The van der Waals surface area contributed by atoms with Crippen molar-refractivity contribution >= 4 is 17.6 Å². The summed E-state index contributed by atoms with van der Waals surface area (Å²) >= 11 is 0. The van der Waals surface area contributed by atoms with Crippen LogP contribution in [0.5, 0.6) is 5.75 Å². The number of ether oxygens (including phenoxy) is 1. The Balaban J connectivity index is 2.52. The maximum atomic E-state index is 11.7. The zero-order chi connectivity index (χ0) is 12.6. The minimum Gasteiger partial charge on any atom is -0.482 e. The van der Waals surface area contributed by atoms with Crippen molar-refractivity contribution in [1.82, 2.24) is 0 Å². The molecule has 1 heterocycles. The quantitative estimate of drug-likeness (QED) is 0.843. The number of carboxylic acids is 1. The zero-order valence-electron chi connectivity index (χ0n) is 9.64. The Kier molecular flexibility index (Phi) is 2.75. The molecule has 0 radical (unpaired) electrons. The number of amides is 1. The third-order valence-corrected chi connectivity index (χ3v) is 2.60. The summed E-state index contributed by atoms with van der Waals surface area (Å²) in [5.41, 5.74) is 0.670. The monoisotopic (exact) mass is 235 g/mol. The van der Waals surface area contributed by atoms with E-state index in [1.807, 2.05) is 13.8 Å². The van der Waals surface area contributed by atoms with Crippen LogP contribution in [0.25, 0.3) is 0 Å². The lowest BCUT2D eigenvalue weighted by Gasteiger charge is -2.32. The van der Waals surface area contributed by atoms with Crippen molar-refractivity contribution in [2.24, 2.45) is 0 Å². The highest BCUT2D eigenvalue weighted by Gasteiger charge is 2.28. The minimum atomic E-state index is -1.02. The lowest BCUT2D eigenvalue weighted by Crippen LogP contribution is -2.43. The van der Waals surface area contributed by atoms with Gasteiger partial charge < -0.3 is 14.7 Å². The van der Waals surface area contributed by atoms with Gasteiger partial charge in [0.25, 0.3) is 5.91 Å². The van der Waals surface area contributed by atoms with Crippen molar-refractivity contribution in [3.63, 3.8) is 0 Å². The molecule has 90 valence electrons. The van der Waals surface area contributed by atoms with Gasteiger partial charge in [0.15, 0.2) is 6.61 Å². The number of nitrogens with zero attached hydrogens (tertiary/aromatic N) is 1. The molecule has 0 aromatic heterocycles. The average molecular weight is 235 g/mol. The fourth-order valence-electron chi connectivity index (χ4n) is 1.87. The van der Waals surface area contributed by atoms with Gasteiger partial charge in [-0.3, -0.25) is 4.79 Å². The fourth-order valence-corrected chi connectivity index (χ4v) is 1.87. The first-order chi connectivity index (χ1) is 8.00. The molecule has 5 heteroatoms. The first kappa shape index (κ1) is 11.4. The van der Waals surface area contributed by atoms with Crippen molar-refractivity contribution in [1.29, 1.82) is 0 Å². The van der Waals surface area contributed by atoms with Crippen LogP contribution in [0, 0.1) is 0 Å². The summed E-state index contributed by atoms with van der Waals surface area (Å²) in [5.74, 6) is -0.632. The van der Waals surface area contributed by atoms with Gasteiger partial charge in [-0.15, -0.1) is 0 Å². The molecule has 0 fully saturated rings. The van der Waals surface area contributed by atoms with Gasteiger partial charge in [0.2, 0.25) is 0 Å². The molecule has 0 saturated carbocycles. The number of aromatic carboxylic acids is 1. The Morgan fingerprint density at radius 2 is 2.18 bits per heavy atom. The summed E-state index contributed by atoms with van der Waals surface area (Å²) in [6, 6.07) is 4.49. The van der Waals surface area contributed by atoms with Crippen molar-refractivity contribution in [3.8, 4) is 5.75 Å². The largest absolute Gasteiger partial charge is 0.482 e. The van der Waals surface area contributed by atoms with Gasteiger partial charge in [0.05, 0.1) is 11.3 Å². The third-order valence-electron chi connectivity index (χ3n) is 2.60. The van der Waals surface area contributed by atoms with Crippen molar-refractivity contribution in [2.45, 2.75) is 19.9 Å². The normalized spacial score (nSPS) is 14.5. The number of rotatable bonds is 2. The molecule has 5 nitrogen and oxygen atoms in total. The predicted octanol–water partition coefficient (Wildman–Crippen LogP) is 1.52. The molecule has 1 amide bonds. The Bertz CT molecular complexity index is 481. The average Bonchev–Trinajstić information content (AvgIpc) is 2.27. The minimum absolute atomic E-state index is 0.00238. The number of anilines is 1. The van der Waals surface area contributed by atoms with Crippen LogP contribution in [0.1, 0.15) is 24.2 Å². The molecule has 1 aliphatic heterocycles. The van der Waals surface area contributed by atoms with Gasteiger partial charge in [-0.25, -0.2) is 4.79 Å². The number of carbonyl (C=O) groups is 2. The van der Waals surface area contributed by atoms with Crippen LogP contribution in [0.2, 0.25) is 0 Å². The topological polar surface area (TPSA) is 66.8 Å². The van der Waals surface area contributed by atoms with E-state index in [-0.39, 0.29) is 24.1 Å². The summed E-state index contributed by atoms with van der Waals surface area (Å²) in [7, 11) is 0. The number of benzene rings is 1. The van der Waals surface area contributed by atoms with Gasteiger partial charge in [-0.1, -0.05) is 0 Å². The van der Waals surface area contributed by atoms with E-state index in [0.29, 0.717) is 11.4 Å². The lowest BCUT2D eigenvalue weighted by atomic mass is 10.1. The number of hydrogen-bond donors (Lipinski definition) is 1. The number of fused-ring (bicyclic) bond motifs is 1. The van der Waals surface area contributed by atoms with Gasteiger partial charge in [0, 0.05) is 6.04 Å². The zero-order valence-corrected chi connectivity index (χ0v) is 9.64. The van der Waals surface area contributed by atoms with E-state index in [9.17, 15) is 9.59 Å². The van der Waals surface area contributed by atoms with Crippen LogP contribution >= 0.6 is 0 Å². The van der Waals surface area contributed by atoms with E-state index in [0.717, 1.165) is 0 Å².